The SMILES string of the molecule is Cc1ccccc1CN(C(=O)Cc1cccc(Cl)c1)[C@H](Cc1ccccc1)C(=O)NC1CCCCC1. The second-order valence-corrected chi connectivity index (χ2v) is 10.2. The van der Waals surface area contributed by atoms with Gasteiger partial charge >= 0.3 is 0 Å². The number of benzene rings is 3. The van der Waals surface area contributed by atoms with Gasteiger partial charge in [-0.05, 0) is 54.2 Å². The van der Waals surface area contributed by atoms with Crippen LogP contribution in [0.5, 0.6) is 0 Å². The van der Waals surface area contributed by atoms with Crippen LogP contribution in [0.2, 0.25) is 5.02 Å². The molecule has 36 heavy (non-hydrogen) atoms. The van der Waals surface area contributed by atoms with Crippen LogP contribution in [-0.4, -0.2) is 28.8 Å². The van der Waals surface area contributed by atoms with Crippen LogP contribution in [0, 0.1) is 6.92 Å². The van der Waals surface area contributed by atoms with Gasteiger partial charge in [-0.1, -0.05) is 97.6 Å². The molecule has 3 aromatic rings. The smallest absolute Gasteiger partial charge is 0.243 e. The Kier molecular flexibility index (Phi) is 9.18. The molecule has 2 amide bonds. The zero-order valence-corrected chi connectivity index (χ0v) is 21.7. The number of carbonyl (C=O) groups is 2. The number of nitrogens with one attached hydrogen (secondary N) is 1. The first-order chi connectivity index (χ1) is 17.5. The molecule has 188 valence electrons. The van der Waals surface area contributed by atoms with Crippen molar-refractivity contribution >= 4 is 23.4 Å². The Hall–Kier alpha value is -3.11. The molecule has 1 aliphatic carbocycles. The van der Waals surface area contributed by atoms with Crippen molar-refractivity contribution in [3.8, 4) is 0 Å². The first kappa shape index (κ1) is 26.0. The number of hydrogen-bond donors (Lipinski definition) is 1. The highest BCUT2D eigenvalue weighted by Crippen LogP contribution is 2.21. The Balaban J connectivity index is 1.66. The Morgan fingerprint density at radius 1 is 0.917 bits per heavy atom. The van der Waals surface area contributed by atoms with Crippen molar-refractivity contribution < 1.29 is 9.59 Å². The Morgan fingerprint density at radius 2 is 1.61 bits per heavy atom. The van der Waals surface area contributed by atoms with Crippen LogP contribution in [0.1, 0.15) is 54.4 Å². The van der Waals surface area contributed by atoms with E-state index in [0.29, 0.717) is 18.0 Å². The lowest BCUT2D eigenvalue weighted by atomic mass is 9.94. The van der Waals surface area contributed by atoms with E-state index in [9.17, 15) is 9.59 Å². The van der Waals surface area contributed by atoms with Crippen LogP contribution in [0.15, 0.2) is 78.9 Å². The van der Waals surface area contributed by atoms with Crippen LogP contribution in [-0.2, 0) is 29.0 Å². The maximum absolute atomic E-state index is 13.9. The van der Waals surface area contributed by atoms with Crippen LogP contribution in [0.25, 0.3) is 0 Å². The van der Waals surface area contributed by atoms with Crippen molar-refractivity contribution in [3.05, 3.63) is 106 Å². The van der Waals surface area contributed by atoms with Crippen LogP contribution < -0.4 is 5.32 Å². The third kappa shape index (κ3) is 7.20. The lowest BCUT2D eigenvalue weighted by Gasteiger charge is -2.34. The molecule has 0 spiro atoms. The third-order valence-electron chi connectivity index (χ3n) is 7.07. The molecule has 3 aromatic carbocycles. The van der Waals surface area contributed by atoms with Crippen molar-refractivity contribution in [1.82, 2.24) is 10.2 Å². The largest absolute Gasteiger partial charge is 0.352 e. The Morgan fingerprint density at radius 3 is 2.33 bits per heavy atom. The van der Waals surface area contributed by atoms with Gasteiger partial charge in [0.1, 0.15) is 6.04 Å². The number of hydrogen-bond acceptors (Lipinski definition) is 2. The molecule has 1 N–H and O–H groups in total. The van der Waals surface area contributed by atoms with Crippen LogP contribution in [0.4, 0.5) is 0 Å². The first-order valence-corrected chi connectivity index (χ1v) is 13.3. The standard InChI is InChI=1S/C31H35ClN2O2/c1-23-11-8-9-15-26(23)22-34(30(35)21-25-14-10-16-27(32)19-25)29(20-24-12-4-2-5-13-24)31(36)33-28-17-6-3-7-18-28/h2,4-5,8-16,19,28-29H,3,6-7,17-18,20-22H2,1H3,(H,33,36)/t29-/m1/s1. The van der Waals surface area contributed by atoms with Gasteiger partial charge in [-0.25, -0.2) is 0 Å². The average molecular weight is 503 g/mol. The molecule has 0 heterocycles. The van der Waals surface area contributed by atoms with E-state index in [2.05, 4.69) is 5.32 Å². The summed E-state index contributed by atoms with van der Waals surface area (Å²) in [5, 5.41) is 3.89. The van der Waals surface area contributed by atoms with Gasteiger partial charge in [0.05, 0.1) is 6.42 Å². The molecule has 4 nitrogen and oxygen atoms in total. The maximum Gasteiger partial charge on any atom is 0.243 e. The third-order valence-corrected chi connectivity index (χ3v) is 7.30. The second-order valence-electron chi connectivity index (χ2n) is 9.80. The molecule has 1 fully saturated rings. The molecule has 0 aromatic heterocycles. The number of amides is 2. The average Bonchev–Trinajstić information content (AvgIpc) is 2.88. The number of halogens is 1. The summed E-state index contributed by atoms with van der Waals surface area (Å²) in [4.78, 5) is 29.5. The molecule has 0 unspecified atom stereocenters. The van der Waals surface area contributed by atoms with Gasteiger partial charge in [-0.15, -0.1) is 0 Å². The summed E-state index contributed by atoms with van der Waals surface area (Å²) in [7, 11) is 0. The second kappa shape index (κ2) is 12.7. The fraction of sp³-hybridized carbons (Fsp3) is 0.355. The number of aryl methyl sites for hydroxylation is 1. The van der Waals surface area contributed by atoms with Gasteiger partial charge in [-0.3, -0.25) is 9.59 Å². The van der Waals surface area contributed by atoms with Crippen molar-refractivity contribution in [2.24, 2.45) is 0 Å². The van der Waals surface area contributed by atoms with Crippen LogP contribution >= 0.6 is 11.6 Å². The lowest BCUT2D eigenvalue weighted by Crippen LogP contribution is -2.53. The summed E-state index contributed by atoms with van der Waals surface area (Å²) in [6.45, 7) is 2.42. The minimum Gasteiger partial charge on any atom is -0.352 e. The van der Waals surface area contributed by atoms with E-state index < -0.39 is 6.04 Å². The van der Waals surface area contributed by atoms with Gasteiger partial charge in [0.15, 0.2) is 0 Å². The van der Waals surface area contributed by atoms with E-state index in [1.54, 1.807) is 11.0 Å². The Labute approximate surface area is 219 Å². The summed E-state index contributed by atoms with van der Waals surface area (Å²) in [6.07, 6.45) is 6.14. The molecular formula is C31H35ClN2O2. The fourth-order valence-corrected chi connectivity index (χ4v) is 5.21. The normalized spacial score (nSPS) is 14.7. The number of carbonyl (C=O) groups excluding carboxylic acids is 2. The quantitative estimate of drug-likeness (QED) is 0.374. The predicted molar refractivity (Wildman–Crippen MR) is 146 cm³/mol. The Bertz CT molecular complexity index is 1160. The van der Waals surface area contributed by atoms with Crippen molar-refractivity contribution in [2.45, 2.75) is 70.5 Å². The molecule has 0 radical (unpaired) electrons. The highest BCUT2D eigenvalue weighted by molar-refractivity contribution is 6.30. The summed E-state index contributed by atoms with van der Waals surface area (Å²) in [6, 6.07) is 25.0. The molecular weight excluding hydrogens is 468 g/mol. The van der Waals surface area contributed by atoms with E-state index in [1.807, 2.05) is 79.7 Å². The molecule has 0 saturated heterocycles. The molecule has 5 heteroatoms. The highest BCUT2D eigenvalue weighted by Gasteiger charge is 2.32. The van der Waals surface area contributed by atoms with E-state index in [-0.39, 0.29) is 24.3 Å². The monoisotopic (exact) mass is 502 g/mol. The highest BCUT2D eigenvalue weighted by atomic mass is 35.5. The molecule has 1 saturated carbocycles. The van der Waals surface area contributed by atoms with E-state index >= 15 is 0 Å². The molecule has 0 aliphatic heterocycles. The maximum atomic E-state index is 13.9. The summed E-state index contributed by atoms with van der Waals surface area (Å²) in [5.74, 6) is -0.154. The first-order valence-electron chi connectivity index (χ1n) is 12.9. The van der Waals surface area contributed by atoms with Crippen molar-refractivity contribution in [3.63, 3.8) is 0 Å². The summed E-state index contributed by atoms with van der Waals surface area (Å²) < 4.78 is 0. The van der Waals surface area contributed by atoms with Crippen molar-refractivity contribution in [2.75, 3.05) is 0 Å². The van der Waals surface area contributed by atoms with Crippen LogP contribution in [0.3, 0.4) is 0 Å². The minimum absolute atomic E-state index is 0.0706. The lowest BCUT2D eigenvalue weighted by molar-refractivity contribution is -0.141. The summed E-state index contributed by atoms with van der Waals surface area (Å²) in [5.41, 5.74) is 4.02. The minimum atomic E-state index is -0.611. The van der Waals surface area contributed by atoms with Gasteiger partial charge in [-0.2, -0.15) is 0 Å². The molecule has 1 atom stereocenters. The van der Waals surface area contributed by atoms with E-state index in [4.69, 9.17) is 11.6 Å². The van der Waals surface area contributed by atoms with Gasteiger partial charge < -0.3 is 10.2 Å². The molecule has 4 rings (SSSR count). The predicted octanol–water partition coefficient (Wildman–Crippen LogP) is 6.28. The van der Waals surface area contributed by atoms with Crippen molar-refractivity contribution in [1.29, 1.82) is 0 Å². The summed E-state index contributed by atoms with van der Waals surface area (Å²) >= 11 is 6.20. The fourth-order valence-electron chi connectivity index (χ4n) is 4.99. The molecule has 0 bridgehead atoms. The van der Waals surface area contributed by atoms with E-state index in [1.165, 1.54) is 6.42 Å². The van der Waals surface area contributed by atoms with Gasteiger partial charge in [0.25, 0.3) is 0 Å². The van der Waals surface area contributed by atoms with Gasteiger partial charge in [0, 0.05) is 24.0 Å². The number of nitrogens with zero attached hydrogens (tertiary/aromatic N) is 1. The van der Waals surface area contributed by atoms with Gasteiger partial charge in [0.2, 0.25) is 11.8 Å². The topological polar surface area (TPSA) is 49.4 Å². The van der Waals surface area contributed by atoms with E-state index in [0.717, 1.165) is 47.9 Å². The zero-order chi connectivity index (χ0) is 25.3. The molecule has 1 aliphatic rings. The number of rotatable bonds is 9. The zero-order valence-electron chi connectivity index (χ0n) is 21.0.